The number of hydrogen-bond acceptors (Lipinski definition) is 3. The molecule has 1 saturated heterocycles. The van der Waals surface area contributed by atoms with Crippen LogP contribution in [0.1, 0.15) is 40.0 Å². The quantitative estimate of drug-likeness (QED) is 0.734. The van der Waals surface area contributed by atoms with Crippen molar-refractivity contribution in [3.63, 3.8) is 0 Å². The summed E-state index contributed by atoms with van der Waals surface area (Å²) in [6, 6.07) is 0.601. The van der Waals surface area contributed by atoms with Crippen LogP contribution in [0.25, 0.3) is 0 Å². The Bertz CT molecular complexity index is 175. The molecule has 0 aliphatic carbocycles. The predicted molar refractivity (Wildman–Crippen MR) is 62.2 cm³/mol. The molecular formula is C12H25NO2. The molecule has 0 spiro atoms. The molecule has 3 nitrogen and oxygen atoms in total. The molecule has 0 radical (unpaired) electrons. The van der Waals surface area contributed by atoms with Gasteiger partial charge in [0.05, 0.1) is 12.2 Å². The van der Waals surface area contributed by atoms with Crippen molar-refractivity contribution in [2.45, 2.75) is 51.7 Å². The van der Waals surface area contributed by atoms with Crippen LogP contribution in [0.4, 0.5) is 0 Å². The van der Waals surface area contributed by atoms with Crippen LogP contribution in [0.2, 0.25) is 0 Å². The van der Waals surface area contributed by atoms with Gasteiger partial charge in [-0.1, -0.05) is 6.92 Å². The van der Waals surface area contributed by atoms with Crippen LogP contribution >= 0.6 is 0 Å². The normalized spacial score (nSPS) is 31.8. The molecule has 1 rings (SSSR count). The van der Waals surface area contributed by atoms with Crippen LogP contribution in [0.3, 0.4) is 0 Å². The Kier molecular flexibility index (Phi) is 5.58. The maximum absolute atomic E-state index is 5.81. The van der Waals surface area contributed by atoms with E-state index in [1.807, 2.05) is 6.92 Å². The van der Waals surface area contributed by atoms with Gasteiger partial charge < -0.3 is 14.8 Å². The predicted octanol–water partition coefficient (Wildman–Crippen LogP) is 1.96. The summed E-state index contributed by atoms with van der Waals surface area (Å²) in [5.41, 5.74) is -0.0837. The molecule has 0 saturated carbocycles. The van der Waals surface area contributed by atoms with Crippen LogP contribution in [0.5, 0.6) is 0 Å². The minimum absolute atomic E-state index is 0.0837. The molecule has 0 amide bonds. The SMILES string of the molecule is CCCNC1CCOC(C)(COCC)C1. The van der Waals surface area contributed by atoms with Gasteiger partial charge in [-0.2, -0.15) is 0 Å². The van der Waals surface area contributed by atoms with E-state index in [9.17, 15) is 0 Å². The average Bonchev–Trinajstić information content (AvgIpc) is 2.24. The Labute approximate surface area is 93.5 Å². The van der Waals surface area contributed by atoms with Crippen molar-refractivity contribution in [2.24, 2.45) is 0 Å². The number of ether oxygens (including phenoxy) is 2. The molecule has 2 atom stereocenters. The highest BCUT2D eigenvalue weighted by molar-refractivity contribution is 4.86. The molecule has 1 fully saturated rings. The van der Waals surface area contributed by atoms with Crippen molar-refractivity contribution in [3.8, 4) is 0 Å². The van der Waals surface area contributed by atoms with E-state index in [0.29, 0.717) is 12.6 Å². The summed E-state index contributed by atoms with van der Waals surface area (Å²) in [6.45, 7) is 9.83. The maximum atomic E-state index is 5.81. The van der Waals surface area contributed by atoms with Crippen molar-refractivity contribution in [2.75, 3.05) is 26.4 Å². The lowest BCUT2D eigenvalue weighted by atomic mass is 9.92. The van der Waals surface area contributed by atoms with Gasteiger partial charge in [0.15, 0.2) is 0 Å². The summed E-state index contributed by atoms with van der Waals surface area (Å²) >= 11 is 0. The molecule has 1 aliphatic heterocycles. The third kappa shape index (κ3) is 4.49. The second-order valence-electron chi connectivity index (χ2n) is 4.58. The first-order valence-corrected chi connectivity index (χ1v) is 6.15. The second kappa shape index (κ2) is 6.46. The topological polar surface area (TPSA) is 30.5 Å². The first-order valence-electron chi connectivity index (χ1n) is 6.15. The third-order valence-corrected chi connectivity index (χ3v) is 2.89. The van der Waals surface area contributed by atoms with Crippen LogP contribution < -0.4 is 5.32 Å². The highest BCUT2D eigenvalue weighted by Crippen LogP contribution is 2.25. The molecule has 0 aromatic rings. The summed E-state index contributed by atoms with van der Waals surface area (Å²) in [5.74, 6) is 0. The molecule has 0 aromatic heterocycles. The molecule has 15 heavy (non-hydrogen) atoms. The number of rotatable bonds is 6. The monoisotopic (exact) mass is 215 g/mol. The van der Waals surface area contributed by atoms with Gasteiger partial charge in [0, 0.05) is 19.3 Å². The van der Waals surface area contributed by atoms with E-state index in [-0.39, 0.29) is 5.60 Å². The smallest absolute Gasteiger partial charge is 0.0901 e. The lowest BCUT2D eigenvalue weighted by molar-refractivity contribution is -0.117. The summed E-state index contributed by atoms with van der Waals surface area (Å²) < 4.78 is 11.3. The van der Waals surface area contributed by atoms with Gasteiger partial charge in [0.2, 0.25) is 0 Å². The Balaban J connectivity index is 2.32. The molecule has 90 valence electrons. The largest absolute Gasteiger partial charge is 0.379 e. The van der Waals surface area contributed by atoms with Crippen molar-refractivity contribution in [3.05, 3.63) is 0 Å². The van der Waals surface area contributed by atoms with Gasteiger partial charge in [-0.05, 0) is 39.7 Å². The highest BCUT2D eigenvalue weighted by Gasteiger charge is 2.33. The molecule has 3 heteroatoms. The fourth-order valence-electron chi connectivity index (χ4n) is 2.07. The second-order valence-corrected chi connectivity index (χ2v) is 4.58. The maximum Gasteiger partial charge on any atom is 0.0901 e. The van der Waals surface area contributed by atoms with Crippen LogP contribution in [0.15, 0.2) is 0 Å². The molecule has 1 aliphatic rings. The number of hydrogen-bond donors (Lipinski definition) is 1. The van der Waals surface area contributed by atoms with Crippen molar-refractivity contribution in [1.82, 2.24) is 5.32 Å². The molecule has 0 aromatic carbocycles. The van der Waals surface area contributed by atoms with E-state index in [1.165, 1.54) is 6.42 Å². The molecule has 2 unspecified atom stereocenters. The van der Waals surface area contributed by atoms with E-state index < -0.39 is 0 Å². The Morgan fingerprint density at radius 3 is 2.93 bits per heavy atom. The zero-order valence-corrected chi connectivity index (χ0v) is 10.3. The average molecular weight is 215 g/mol. The molecule has 1 N–H and O–H groups in total. The minimum Gasteiger partial charge on any atom is -0.379 e. The van der Waals surface area contributed by atoms with Gasteiger partial charge in [0.25, 0.3) is 0 Å². The lowest BCUT2D eigenvalue weighted by Crippen LogP contribution is -2.48. The summed E-state index contributed by atoms with van der Waals surface area (Å²) in [4.78, 5) is 0. The summed E-state index contributed by atoms with van der Waals surface area (Å²) in [7, 11) is 0. The Morgan fingerprint density at radius 1 is 1.47 bits per heavy atom. The minimum atomic E-state index is -0.0837. The van der Waals surface area contributed by atoms with Crippen molar-refractivity contribution in [1.29, 1.82) is 0 Å². The first-order chi connectivity index (χ1) is 7.20. The van der Waals surface area contributed by atoms with Gasteiger partial charge in [-0.15, -0.1) is 0 Å². The standard InChI is InChI=1S/C12H25NO2/c1-4-7-13-11-6-8-15-12(3,9-11)10-14-5-2/h11,13H,4-10H2,1-3H3. The van der Waals surface area contributed by atoms with Gasteiger partial charge in [-0.25, -0.2) is 0 Å². The van der Waals surface area contributed by atoms with E-state index >= 15 is 0 Å². The molecular weight excluding hydrogens is 190 g/mol. The fraction of sp³-hybridized carbons (Fsp3) is 1.00. The Hall–Kier alpha value is -0.120. The number of nitrogens with one attached hydrogen (secondary N) is 1. The van der Waals surface area contributed by atoms with Crippen LogP contribution in [0, 0.1) is 0 Å². The third-order valence-electron chi connectivity index (χ3n) is 2.89. The molecule has 0 bridgehead atoms. The van der Waals surface area contributed by atoms with E-state index in [4.69, 9.17) is 9.47 Å². The van der Waals surface area contributed by atoms with Gasteiger partial charge in [-0.3, -0.25) is 0 Å². The highest BCUT2D eigenvalue weighted by atomic mass is 16.5. The van der Waals surface area contributed by atoms with Gasteiger partial charge >= 0.3 is 0 Å². The Morgan fingerprint density at radius 2 is 2.27 bits per heavy atom. The van der Waals surface area contributed by atoms with E-state index in [0.717, 1.165) is 32.6 Å². The zero-order chi connectivity index (χ0) is 11.1. The zero-order valence-electron chi connectivity index (χ0n) is 10.3. The first kappa shape index (κ1) is 12.9. The van der Waals surface area contributed by atoms with Crippen LogP contribution in [-0.2, 0) is 9.47 Å². The fourth-order valence-corrected chi connectivity index (χ4v) is 2.07. The molecule has 1 heterocycles. The summed E-state index contributed by atoms with van der Waals surface area (Å²) in [5, 5.41) is 3.57. The van der Waals surface area contributed by atoms with Crippen LogP contribution in [-0.4, -0.2) is 38.0 Å². The van der Waals surface area contributed by atoms with Gasteiger partial charge in [0.1, 0.15) is 0 Å². The lowest BCUT2D eigenvalue weighted by Gasteiger charge is -2.38. The van der Waals surface area contributed by atoms with Crippen molar-refractivity contribution >= 4 is 0 Å². The summed E-state index contributed by atoms with van der Waals surface area (Å²) in [6.07, 6.45) is 3.38. The van der Waals surface area contributed by atoms with E-state index in [1.54, 1.807) is 0 Å². The van der Waals surface area contributed by atoms with E-state index in [2.05, 4.69) is 19.2 Å². The van der Waals surface area contributed by atoms with Crippen molar-refractivity contribution < 1.29 is 9.47 Å².